The molecule has 0 N–H and O–H groups in total. The summed E-state index contributed by atoms with van der Waals surface area (Å²) in [4.78, 5) is 0. The second-order valence-corrected chi connectivity index (χ2v) is 21.0. The van der Waals surface area contributed by atoms with E-state index in [-0.39, 0.29) is 69.0 Å². The highest BCUT2D eigenvalue weighted by Gasteiger charge is 2.38. The molecule has 9 aromatic carbocycles. The Hall–Kier alpha value is -8.50. The summed E-state index contributed by atoms with van der Waals surface area (Å²) in [5.41, 5.74) is 0. The third-order valence-electron chi connectivity index (χ3n) is 9.48. The van der Waals surface area contributed by atoms with Crippen LogP contribution < -0.4 is 54.3 Å². The van der Waals surface area contributed by atoms with Gasteiger partial charge in [0, 0.05) is 18.2 Å². The van der Waals surface area contributed by atoms with Crippen LogP contribution in [0.4, 0.5) is 0 Å². The Balaban J connectivity index is 0.964. The van der Waals surface area contributed by atoms with Crippen molar-refractivity contribution < 1.29 is 72.5 Å². The molecule has 2 unspecified atom stereocenters. The normalized spacial score (nSPS) is 12.8. The molecule has 0 aliphatic rings. The summed E-state index contributed by atoms with van der Waals surface area (Å²) in [5.74, 6) is 0.475. The van der Waals surface area contributed by atoms with Crippen LogP contribution >= 0.6 is 31.3 Å². The molecule has 16 nitrogen and oxygen atoms in total. The number of phosphoric acid groups is 4. The Morgan fingerprint density at radius 1 is 0.162 bits per heavy atom. The first-order valence-electron chi connectivity index (χ1n) is 22.3. The van der Waals surface area contributed by atoms with Crippen molar-refractivity contribution in [3.63, 3.8) is 0 Å². The fraction of sp³-hybridized carbons (Fsp3) is 0. The van der Waals surface area contributed by atoms with Gasteiger partial charge in [-0.3, -0.25) is 0 Å². The number of hydrogen-bond donors (Lipinski definition) is 0. The summed E-state index contributed by atoms with van der Waals surface area (Å²) in [5, 5.41) is 0. The van der Waals surface area contributed by atoms with Crippen molar-refractivity contribution in [2.75, 3.05) is 0 Å². The van der Waals surface area contributed by atoms with Crippen LogP contribution in [-0.4, -0.2) is 0 Å². The van der Waals surface area contributed by atoms with Gasteiger partial charge in [-0.05, 0) is 109 Å². The van der Waals surface area contributed by atoms with Gasteiger partial charge in [0.1, 0.15) is 69.0 Å². The van der Waals surface area contributed by atoms with E-state index < -0.39 is 31.3 Å². The predicted molar refractivity (Wildman–Crippen MR) is 276 cm³/mol. The molecule has 0 radical (unpaired) electrons. The molecule has 0 fully saturated rings. The monoisotopic (exact) mass is 1070 g/mol. The van der Waals surface area contributed by atoms with Crippen molar-refractivity contribution in [3.8, 4) is 69.0 Å². The van der Waals surface area contributed by atoms with Crippen molar-refractivity contribution in [3.05, 3.63) is 255 Å². The zero-order valence-electron chi connectivity index (χ0n) is 38.6. The van der Waals surface area contributed by atoms with Crippen LogP contribution in [0.25, 0.3) is 0 Å². The molecule has 0 heterocycles. The first kappa shape index (κ1) is 50.4. The molecule has 0 saturated heterocycles. The Labute approximate surface area is 425 Å². The lowest BCUT2D eigenvalue weighted by Crippen LogP contribution is -2.09. The highest BCUT2D eigenvalue weighted by molar-refractivity contribution is 7.50. The minimum atomic E-state index is -4.75. The first-order valence-corrected chi connectivity index (χ1v) is 28.1. The van der Waals surface area contributed by atoms with E-state index in [0.29, 0.717) is 0 Å². The Morgan fingerprint density at radius 2 is 0.284 bits per heavy atom. The van der Waals surface area contributed by atoms with Crippen LogP contribution in [0.5, 0.6) is 69.0 Å². The Morgan fingerprint density at radius 3 is 0.432 bits per heavy atom. The summed E-state index contributed by atoms with van der Waals surface area (Å²) in [6.07, 6.45) is 0. The molecule has 74 heavy (non-hydrogen) atoms. The standard InChI is InChI=1S/C54H42O16P4/c55-71(59-43-22-7-1-8-23-43,60-44-24-9-2-10-25-44)65-49-34-19-36-51(40-49)67-73(57,63-47-30-15-5-16-31-47)69-53-38-21-39-54(42-53)70-74(58,64-48-32-17-6-18-33-48)68-52-37-20-35-50(41-52)66-72(56,61-45-26-11-3-12-27-45)62-46-28-13-4-14-29-46/h1-42H. The minimum absolute atomic E-state index is 0.0549. The predicted octanol–water partition coefficient (Wildman–Crippen LogP) is 16.3. The van der Waals surface area contributed by atoms with Gasteiger partial charge in [-0.25, -0.2) is 0 Å². The lowest BCUT2D eigenvalue weighted by atomic mass is 10.3. The molecule has 9 rings (SSSR count). The zero-order valence-corrected chi connectivity index (χ0v) is 42.1. The number of benzene rings is 9. The van der Waals surface area contributed by atoms with E-state index in [0.717, 1.165) is 0 Å². The van der Waals surface area contributed by atoms with Gasteiger partial charge in [-0.15, -0.1) is 0 Å². The molecule has 0 amide bonds. The third kappa shape index (κ3) is 14.8. The van der Waals surface area contributed by atoms with Crippen LogP contribution in [0.1, 0.15) is 0 Å². The molecule has 0 saturated carbocycles. The number of hydrogen-bond acceptors (Lipinski definition) is 16. The van der Waals surface area contributed by atoms with E-state index in [1.54, 1.807) is 158 Å². The van der Waals surface area contributed by atoms with E-state index in [1.165, 1.54) is 97.1 Å². The van der Waals surface area contributed by atoms with Crippen molar-refractivity contribution in [2.24, 2.45) is 0 Å². The molecule has 0 aromatic heterocycles. The minimum Gasteiger partial charge on any atom is -0.386 e. The van der Waals surface area contributed by atoms with E-state index in [2.05, 4.69) is 0 Å². The SMILES string of the molecule is O=P(Oc1ccccc1)(Oc1ccccc1)Oc1cccc(OP(=O)(Oc2ccccc2)Oc2cccc(OP(=O)(Oc3ccccc3)Oc3cccc(OP(=O)(Oc4ccccc4)Oc4ccccc4)c3)c2)c1. The molecule has 20 heteroatoms. The summed E-state index contributed by atoms with van der Waals surface area (Å²) in [6.45, 7) is 0. The summed E-state index contributed by atoms with van der Waals surface area (Å²) in [7, 11) is -18.4. The fourth-order valence-corrected chi connectivity index (χ4v) is 11.4. The maximum Gasteiger partial charge on any atom is 0.647 e. The van der Waals surface area contributed by atoms with Gasteiger partial charge in [-0.2, -0.15) is 18.3 Å². The average molecular weight is 1070 g/mol. The largest absolute Gasteiger partial charge is 0.647 e. The van der Waals surface area contributed by atoms with Crippen molar-refractivity contribution in [1.29, 1.82) is 0 Å². The van der Waals surface area contributed by atoms with Crippen molar-refractivity contribution in [1.82, 2.24) is 0 Å². The van der Waals surface area contributed by atoms with Gasteiger partial charge in [-0.1, -0.05) is 127 Å². The lowest BCUT2D eigenvalue weighted by Gasteiger charge is -2.22. The van der Waals surface area contributed by atoms with Crippen molar-refractivity contribution in [2.45, 2.75) is 0 Å². The summed E-state index contributed by atoms with van der Waals surface area (Å²) >= 11 is 0. The lowest BCUT2D eigenvalue weighted by molar-refractivity contribution is 0.293. The van der Waals surface area contributed by atoms with Gasteiger partial charge < -0.3 is 54.3 Å². The second kappa shape index (κ2) is 23.4. The quantitative estimate of drug-likeness (QED) is 0.0521. The van der Waals surface area contributed by atoms with E-state index in [9.17, 15) is 18.3 Å². The van der Waals surface area contributed by atoms with Gasteiger partial charge in [0.15, 0.2) is 0 Å². The molecule has 9 aromatic rings. The van der Waals surface area contributed by atoms with Crippen molar-refractivity contribution >= 4 is 31.3 Å². The summed E-state index contributed by atoms with van der Waals surface area (Å²) in [6, 6.07) is 66.5. The van der Waals surface area contributed by atoms with Crippen LogP contribution in [0, 0.1) is 0 Å². The third-order valence-corrected chi connectivity index (χ3v) is 14.7. The van der Waals surface area contributed by atoms with Gasteiger partial charge in [0.25, 0.3) is 0 Å². The van der Waals surface area contributed by atoms with Gasteiger partial charge >= 0.3 is 31.3 Å². The van der Waals surface area contributed by atoms with Crippen LogP contribution in [0.15, 0.2) is 255 Å². The average Bonchev–Trinajstić information content (AvgIpc) is 3.38. The van der Waals surface area contributed by atoms with Crippen LogP contribution in [0.3, 0.4) is 0 Å². The van der Waals surface area contributed by atoms with E-state index >= 15 is 0 Å². The Bertz CT molecular complexity index is 3120. The number of para-hydroxylation sites is 6. The molecule has 2 atom stereocenters. The topological polar surface area (TPSA) is 179 Å². The molecule has 0 aliphatic heterocycles. The Kier molecular flexibility index (Phi) is 15.9. The molecule has 374 valence electrons. The second-order valence-electron chi connectivity index (χ2n) is 15.2. The number of rotatable bonds is 24. The zero-order chi connectivity index (χ0) is 51.1. The van der Waals surface area contributed by atoms with Crippen LogP contribution in [0.2, 0.25) is 0 Å². The molecule has 0 bridgehead atoms. The van der Waals surface area contributed by atoms with Gasteiger partial charge in [0.05, 0.1) is 0 Å². The fourth-order valence-electron chi connectivity index (χ4n) is 6.42. The first-order chi connectivity index (χ1) is 35.9. The number of phosphoric ester groups is 4. The molecule has 0 aliphatic carbocycles. The van der Waals surface area contributed by atoms with E-state index in [1.807, 2.05) is 0 Å². The molecular formula is C54H42O16P4. The molecular weight excluding hydrogens is 1030 g/mol. The molecule has 0 spiro atoms. The highest BCUT2D eigenvalue weighted by Crippen LogP contribution is 2.56. The van der Waals surface area contributed by atoms with Crippen LogP contribution in [-0.2, 0) is 18.3 Å². The maximum atomic E-state index is 14.8. The summed E-state index contributed by atoms with van der Waals surface area (Å²) < 4.78 is 129. The maximum absolute atomic E-state index is 14.8. The highest BCUT2D eigenvalue weighted by atomic mass is 31.2. The van der Waals surface area contributed by atoms with Gasteiger partial charge in [0.2, 0.25) is 0 Å². The van der Waals surface area contributed by atoms with E-state index in [4.69, 9.17) is 54.3 Å². The smallest absolute Gasteiger partial charge is 0.386 e.